The molecule has 2 heterocycles. The second-order valence-corrected chi connectivity index (χ2v) is 13.4. The third-order valence-electron chi connectivity index (χ3n) is 8.14. The van der Waals surface area contributed by atoms with Gasteiger partial charge in [-0.25, -0.2) is 19.2 Å². The van der Waals surface area contributed by atoms with E-state index in [1.54, 1.807) is 11.3 Å². The molecule has 3 aromatic carbocycles. The number of thiophene rings is 1. The first-order chi connectivity index (χ1) is 24.2. The zero-order valence-corrected chi connectivity index (χ0v) is 29.9. The highest BCUT2D eigenvalue weighted by Gasteiger charge is 2.22. The molecule has 0 bridgehead atoms. The third kappa shape index (κ3) is 12.0. The van der Waals surface area contributed by atoms with Crippen LogP contribution in [0.15, 0.2) is 72.8 Å². The van der Waals surface area contributed by atoms with E-state index in [0.29, 0.717) is 24.4 Å². The Morgan fingerprint density at radius 3 is 1.78 bits per heavy atom. The second kappa shape index (κ2) is 19.3. The van der Waals surface area contributed by atoms with Crippen molar-refractivity contribution in [2.75, 3.05) is 26.4 Å². The number of carboxylic acid groups (broad SMARTS) is 4. The average Bonchev–Trinajstić information content (AvgIpc) is 3.76. The van der Waals surface area contributed by atoms with Crippen LogP contribution >= 0.6 is 11.3 Å². The number of aliphatic carboxylic acids is 4. The highest BCUT2D eigenvalue weighted by molar-refractivity contribution is 7.22. The van der Waals surface area contributed by atoms with Gasteiger partial charge >= 0.3 is 23.9 Å². The third-order valence-corrected chi connectivity index (χ3v) is 9.36. The molecule has 4 N–H and O–H groups in total. The van der Waals surface area contributed by atoms with Crippen molar-refractivity contribution in [2.45, 2.75) is 59.0 Å². The fourth-order valence-corrected chi connectivity index (χ4v) is 6.69. The lowest BCUT2D eigenvalue weighted by molar-refractivity contribution is -0.159. The summed E-state index contributed by atoms with van der Waals surface area (Å²) in [5, 5.41) is 30.6. The molecule has 0 atom stereocenters. The number of hydrogen-bond acceptors (Lipinski definition) is 9. The quantitative estimate of drug-likeness (QED) is 0.0783. The highest BCUT2D eigenvalue weighted by atomic mass is 32.1. The Kier molecular flexibility index (Phi) is 15.3. The minimum atomic E-state index is -1.82. The lowest BCUT2D eigenvalue weighted by Gasteiger charge is -2.30. The smallest absolute Gasteiger partial charge is 0.414 e. The Labute approximate surface area is 300 Å². The van der Waals surface area contributed by atoms with Crippen molar-refractivity contribution in [3.8, 4) is 16.2 Å². The van der Waals surface area contributed by atoms with Gasteiger partial charge in [0.2, 0.25) is 0 Å². The minimum absolute atomic E-state index is 0.0538. The number of fused-ring (bicyclic) bond motifs is 1. The zero-order chi connectivity index (χ0) is 37.7. The van der Waals surface area contributed by atoms with Crippen LogP contribution in [-0.4, -0.2) is 98.3 Å². The molecule has 1 aliphatic rings. The van der Waals surface area contributed by atoms with Gasteiger partial charge in [0.15, 0.2) is 5.78 Å². The number of benzene rings is 3. The maximum atomic E-state index is 13.9. The molecular weight excluding hydrogens is 676 g/mol. The van der Waals surface area contributed by atoms with Crippen LogP contribution in [0.5, 0.6) is 5.75 Å². The maximum Gasteiger partial charge on any atom is 0.414 e. The number of nitrogens with zero attached hydrogens (tertiary/aromatic N) is 2. The van der Waals surface area contributed by atoms with Gasteiger partial charge < -0.3 is 30.1 Å². The molecule has 12 nitrogen and oxygen atoms in total. The summed E-state index contributed by atoms with van der Waals surface area (Å²) in [5.41, 5.74) is 3.93. The van der Waals surface area contributed by atoms with E-state index in [1.165, 1.54) is 31.5 Å². The predicted octanol–water partition coefficient (Wildman–Crippen LogP) is 6.20. The molecule has 13 heteroatoms. The van der Waals surface area contributed by atoms with E-state index >= 15 is 0 Å². The second-order valence-electron chi connectivity index (χ2n) is 12.3. The molecule has 1 saturated heterocycles. The van der Waals surface area contributed by atoms with Crippen molar-refractivity contribution >= 4 is 51.1 Å². The topological polar surface area (TPSA) is 182 Å². The van der Waals surface area contributed by atoms with Crippen molar-refractivity contribution in [1.29, 1.82) is 0 Å². The molecule has 0 radical (unpaired) electrons. The normalized spacial score (nSPS) is 12.6. The van der Waals surface area contributed by atoms with Gasteiger partial charge in [0.25, 0.3) is 0 Å². The first kappa shape index (κ1) is 40.3. The molecule has 0 unspecified atom stereocenters. The molecule has 4 aromatic rings. The Morgan fingerprint density at radius 1 is 0.745 bits per heavy atom. The fraction of sp³-hybridized carbons (Fsp3) is 0.342. The van der Waals surface area contributed by atoms with Crippen molar-refractivity contribution in [3.63, 3.8) is 0 Å². The summed E-state index contributed by atoms with van der Waals surface area (Å²) >= 11 is 1.70. The summed E-state index contributed by atoms with van der Waals surface area (Å²) in [6.07, 6.45) is 3.72. The van der Waals surface area contributed by atoms with E-state index in [9.17, 15) is 4.79 Å². The van der Waals surface area contributed by atoms with Gasteiger partial charge in [0.05, 0.1) is 0 Å². The van der Waals surface area contributed by atoms with Crippen LogP contribution in [0.25, 0.3) is 20.5 Å². The van der Waals surface area contributed by atoms with E-state index in [2.05, 4.69) is 73.9 Å². The number of carbonyl (C=O) groups is 5. The number of carboxylic acids is 4. The number of rotatable bonds is 11. The average molecular weight is 721 g/mol. The zero-order valence-electron chi connectivity index (χ0n) is 29.1. The van der Waals surface area contributed by atoms with Crippen molar-refractivity contribution in [3.05, 3.63) is 89.5 Å². The van der Waals surface area contributed by atoms with Crippen molar-refractivity contribution < 1.29 is 49.1 Å². The lowest BCUT2D eigenvalue weighted by Crippen LogP contribution is -2.39. The SMILES string of the molecule is CC(C)N(COc1ccc(C(=O)c2c(-c3ccc(CCN4CCCC4)cc3)sc3ccccc23)cc1)C(C)C.O=C(O)C(=O)O.O=C(O)C(=O)O. The van der Waals surface area contributed by atoms with Gasteiger partial charge in [-0.3, -0.25) is 9.69 Å². The predicted molar refractivity (Wildman–Crippen MR) is 195 cm³/mol. The summed E-state index contributed by atoms with van der Waals surface area (Å²) in [7, 11) is 0. The summed E-state index contributed by atoms with van der Waals surface area (Å²) in [5.74, 6) is -6.47. The molecule has 51 heavy (non-hydrogen) atoms. The van der Waals surface area contributed by atoms with Crippen LogP contribution < -0.4 is 4.74 Å². The highest BCUT2D eigenvalue weighted by Crippen LogP contribution is 2.40. The summed E-state index contributed by atoms with van der Waals surface area (Å²) < 4.78 is 7.19. The van der Waals surface area contributed by atoms with E-state index in [4.69, 9.17) is 44.3 Å². The molecule has 0 saturated carbocycles. The first-order valence-electron chi connectivity index (χ1n) is 16.5. The number of ether oxygens (including phenoxy) is 1. The summed E-state index contributed by atoms with van der Waals surface area (Å²) in [4.78, 5) is 56.2. The molecule has 0 spiro atoms. The Bertz CT molecular complexity index is 1740. The Hall–Kier alpha value is -5.11. The van der Waals surface area contributed by atoms with Gasteiger partial charge in [-0.05, 0) is 102 Å². The number of ketones is 1. The van der Waals surface area contributed by atoms with Crippen molar-refractivity contribution in [2.24, 2.45) is 0 Å². The molecule has 1 aliphatic heterocycles. The molecule has 0 aliphatic carbocycles. The number of hydrogen-bond donors (Lipinski definition) is 4. The van der Waals surface area contributed by atoms with Gasteiger partial charge in [0.1, 0.15) is 12.5 Å². The summed E-state index contributed by atoms with van der Waals surface area (Å²) in [6.45, 7) is 12.8. The number of carbonyl (C=O) groups excluding carboxylic acids is 1. The largest absolute Gasteiger partial charge is 0.478 e. The molecule has 1 fully saturated rings. The lowest BCUT2D eigenvalue weighted by atomic mass is 9.97. The van der Waals surface area contributed by atoms with E-state index in [0.717, 1.165) is 44.8 Å². The van der Waals surface area contributed by atoms with Gasteiger partial charge in [-0.2, -0.15) is 0 Å². The molecule has 1 aromatic heterocycles. The maximum absolute atomic E-state index is 13.9. The molecule has 5 rings (SSSR count). The standard InChI is InChI=1S/C34H40N2O2S.2C2H2O4/c1-24(2)36(25(3)4)23-38-29-17-15-27(16-18-29)33(37)32-30-9-5-6-10-31(30)39-34(32)28-13-11-26(12-14-28)19-22-35-20-7-8-21-35;2*3-1(4)2(5)6/h5-6,9-18,24-25H,7-8,19-23H2,1-4H3;2*(H,3,4)(H,5,6). The van der Waals surface area contributed by atoms with Gasteiger partial charge in [-0.15, -0.1) is 11.3 Å². The van der Waals surface area contributed by atoms with Crippen LogP contribution in [0.1, 0.15) is 62.0 Å². The monoisotopic (exact) mass is 720 g/mol. The van der Waals surface area contributed by atoms with Crippen LogP contribution in [0.4, 0.5) is 0 Å². The summed E-state index contributed by atoms with van der Waals surface area (Å²) in [6, 6.07) is 25.5. The van der Waals surface area contributed by atoms with Crippen LogP contribution in [0.3, 0.4) is 0 Å². The molecule has 0 amide bonds. The van der Waals surface area contributed by atoms with E-state index in [1.807, 2.05) is 36.4 Å². The van der Waals surface area contributed by atoms with Crippen LogP contribution in [-0.2, 0) is 25.6 Å². The van der Waals surface area contributed by atoms with Crippen LogP contribution in [0, 0.1) is 0 Å². The minimum Gasteiger partial charge on any atom is -0.478 e. The first-order valence-corrected chi connectivity index (χ1v) is 17.3. The van der Waals surface area contributed by atoms with Crippen LogP contribution in [0.2, 0.25) is 0 Å². The fourth-order valence-electron chi connectivity index (χ4n) is 5.48. The molecular formula is C38H44N2O10S. The van der Waals surface area contributed by atoms with Gasteiger partial charge in [0, 0.05) is 44.7 Å². The Balaban J connectivity index is 0.000000504. The molecule has 272 valence electrons. The van der Waals surface area contributed by atoms with E-state index in [-0.39, 0.29) is 5.78 Å². The van der Waals surface area contributed by atoms with Gasteiger partial charge in [-0.1, -0.05) is 42.5 Å². The van der Waals surface area contributed by atoms with E-state index < -0.39 is 23.9 Å². The van der Waals surface area contributed by atoms with Crippen molar-refractivity contribution in [1.82, 2.24) is 9.80 Å². The number of likely N-dealkylation sites (tertiary alicyclic amines) is 1. The Morgan fingerprint density at radius 2 is 1.27 bits per heavy atom.